The average molecular weight is 258 g/mol. The maximum Gasteiger partial charge on any atom is 0.204 e. The number of hydrogen-bond acceptors (Lipinski definition) is 6. The van der Waals surface area contributed by atoms with Crippen LogP contribution in [0.4, 0.5) is 5.13 Å². The summed E-state index contributed by atoms with van der Waals surface area (Å²) in [5.74, 6) is 0. The zero-order valence-electron chi connectivity index (χ0n) is 8.11. The van der Waals surface area contributed by atoms with Gasteiger partial charge in [-0.3, -0.25) is 5.10 Å². The molecule has 2 rings (SSSR count). The van der Waals surface area contributed by atoms with E-state index >= 15 is 0 Å². The zero-order chi connectivity index (χ0) is 10.7. The number of rotatable bonds is 4. The maximum absolute atomic E-state index is 4.93. The molecule has 15 heavy (non-hydrogen) atoms. The first kappa shape index (κ1) is 10.7. The molecule has 0 aliphatic heterocycles. The smallest absolute Gasteiger partial charge is 0.204 e. The van der Waals surface area contributed by atoms with Gasteiger partial charge in [0.2, 0.25) is 5.13 Å². The topological polar surface area (TPSA) is 53.6 Å². The highest BCUT2D eigenvalue weighted by molar-refractivity contribution is 7.73. The number of aryl methyl sites for hydroxylation is 1. The number of aromatic amines is 1. The van der Waals surface area contributed by atoms with Gasteiger partial charge in [-0.2, -0.15) is 0 Å². The number of aromatic nitrogens is 3. The van der Waals surface area contributed by atoms with Crippen LogP contribution in [-0.2, 0) is 6.42 Å². The van der Waals surface area contributed by atoms with Crippen LogP contribution in [0.2, 0.25) is 0 Å². The van der Waals surface area contributed by atoms with Gasteiger partial charge in [0.05, 0.1) is 5.01 Å². The molecule has 2 aromatic rings. The van der Waals surface area contributed by atoms with Crippen molar-refractivity contribution in [1.82, 2.24) is 15.2 Å². The van der Waals surface area contributed by atoms with Crippen LogP contribution in [0.5, 0.6) is 0 Å². The highest BCUT2D eigenvalue weighted by Gasteiger charge is 1.99. The van der Waals surface area contributed by atoms with Gasteiger partial charge >= 0.3 is 0 Å². The molecule has 0 saturated heterocycles. The number of H-pyrrole nitrogens is 1. The van der Waals surface area contributed by atoms with E-state index in [1.54, 1.807) is 11.3 Å². The fraction of sp³-hybridized carbons (Fsp3) is 0.375. The van der Waals surface area contributed by atoms with Crippen molar-refractivity contribution in [2.45, 2.75) is 13.3 Å². The second-order valence-corrected chi connectivity index (χ2v) is 5.59. The van der Waals surface area contributed by atoms with Crippen molar-refractivity contribution in [1.29, 1.82) is 0 Å². The minimum absolute atomic E-state index is 0.697. The number of thiazole rings is 1. The van der Waals surface area contributed by atoms with E-state index in [0.29, 0.717) is 3.95 Å². The van der Waals surface area contributed by atoms with Gasteiger partial charge in [0.1, 0.15) is 0 Å². The van der Waals surface area contributed by atoms with Crippen LogP contribution < -0.4 is 5.32 Å². The van der Waals surface area contributed by atoms with Crippen LogP contribution in [0, 0.1) is 10.9 Å². The molecule has 0 saturated carbocycles. The molecule has 80 valence electrons. The summed E-state index contributed by atoms with van der Waals surface area (Å²) in [4.78, 5) is 4.38. The van der Waals surface area contributed by atoms with E-state index < -0.39 is 0 Å². The van der Waals surface area contributed by atoms with E-state index in [9.17, 15) is 0 Å². The molecule has 0 aromatic carbocycles. The molecule has 0 atom stereocenters. The minimum atomic E-state index is 0.697. The molecular formula is C8H10N4S3. The van der Waals surface area contributed by atoms with Gasteiger partial charge in [-0.05, 0) is 19.1 Å². The summed E-state index contributed by atoms with van der Waals surface area (Å²) < 4.78 is 0.697. The second kappa shape index (κ2) is 4.82. The van der Waals surface area contributed by atoms with Gasteiger partial charge in [0.15, 0.2) is 3.95 Å². The van der Waals surface area contributed by atoms with Crippen LogP contribution in [0.3, 0.4) is 0 Å². The maximum atomic E-state index is 4.93. The second-order valence-electron chi connectivity index (χ2n) is 2.98. The van der Waals surface area contributed by atoms with E-state index in [1.165, 1.54) is 11.3 Å². The van der Waals surface area contributed by atoms with Crippen molar-refractivity contribution in [3.05, 3.63) is 20.0 Å². The Morgan fingerprint density at radius 2 is 2.47 bits per heavy atom. The number of hydrogen-bond donors (Lipinski definition) is 2. The van der Waals surface area contributed by atoms with E-state index in [0.717, 1.165) is 28.8 Å². The first-order chi connectivity index (χ1) is 7.24. The molecule has 0 fully saturated rings. The molecule has 0 spiro atoms. The Hall–Kier alpha value is -0.790. The van der Waals surface area contributed by atoms with Gasteiger partial charge < -0.3 is 5.32 Å². The van der Waals surface area contributed by atoms with E-state index in [1.807, 2.05) is 6.92 Å². The fourth-order valence-corrected chi connectivity index (χ4v) is 2.69. The summed E-state index contributed by atoms with van der Waals surface area (Å²) in [6.45, 7) is 2.84. The standard InChI is InChI=1S/C8H10N4S3/c1-5-4-14-6(10-5)2-3-9-7-11-12-8(13)15-7/h4H,2-3H2,1H3,(H,9,11)(H,12,13). The molecule has 0 aliphatic carbocycles. The third kappa shape index (κ3) is 3.08. The van der Waals surface area contributed by atoms with Crippen LogP contribution >= 0.6 is 34.9 Å². The molecule has 2 aromatic heterocycles. The van der Waals surface area contributed by atoms with E-state index in [4.69, 9.17) is 12.2 Å². The monoisotopic (exact) mass is 258 g/mol. The van der Waals surface area contributed by atoms with Gasteiger partial charge in [0, 0.05) is 24.0 Å². The van der Waals surface area contributed by atoms with Crippen molar-refractivity contribution in [2.75, 3.05) is 11.9 Å². The number of anilines is 1. The summed E-state index contributed by atoms with van der Waals surface area (Å²) >= 11 is 8.07. The Balaban J connectivity index is 1.82. The van der Waals surface area contributed by atoms with Crippen molar-refractivity contribution in [3.8, 4) is 0 Å². The van der Waals surface area contributed by atoms with Crippen LogP contribution in [0.15, 0.2) is 5.38 Å². The Labute approximate surface area is 100 Å². The van der Waals surface area contributed by atoms with Gasteiger partial charge in [0.25, 0.3) is 0 Å². The van der Waals surface area contributed by atoms with Crippen molar-refractivity contribution >= 4 is 40.0 Å². The predicted molar refractivity (Wildman–Crippen MR) is 66.3 cm³/mol. The molecule has 0 aliphatic rings. The summed E-state index contributed by atoms with van der Waals surface area (Å²) in [6.07, 6.45) is 0.921. The van der Waals surface area contributed by atoms with Gasteiger partial charge in [-0.1, -0.05) is 11.3 Å². The third-order valence-electron chi connectivity index (χ3n) is 1.72. The third-order valence-corrected chi connectivity index (χ3v) is 3.79. The number of nitrogens with one attached hydrogen (secondary N) is 2. The Bertz CT molecular complexity index is 484. The molecular weight excluding hydrogens is 248 g/mol. The van der Waals surface area contributed by atoms with Gasteiger partial charge in [-0.25, -0.2) is 4.98 Å². The lowest BCUT2D eigenvalue weighted by Crippen LogP contribution is -2.04. The molecule has 0 amide bonds. The largest absolute Gasteiger partial charge is 0.360 e. The Morgan fingerprint density at radius 3 is 3.07 bits per heavy atom. The molecule has 0 radical (unpaired) electrons. The minimum Gasteiger partial charge on any atom is -0.360 e. The molecule has 4 nitrogen and oxygen atoms in total. The van der Waals surface area contributed by atoms with Crippen LogP contribution in [0.25, 0.3) is 0 Å². The quantitative estimate of drug-likeness (QED) is 0.828. The lowest BCUT2D eigenvalue weighted by Gasteiger charge is -1.98. The molecule has 0 bridgehead atoms. The van der Waals surface area contributed by atoms with Crippen molar-refractivity contribution < 1.29 is 0 Å². The van der Waals surface area contributed by atoms with E-state index in [-0.39, 0.29) is 0 Å². The summed E-state index contributed by atoms with van der Waals surface area (Å²) in [5, 5.41) is 14.0. The SMILES string of the molecule is Cc1csc(CCNc2n[nH]c(=S)s2)n1. The normalized spacial score (nSPS) is 10.5. The Morgan fingerprint density at radius 1 is 1.60 bits per heavy atom. The lowest BCUT2D eigenvalue weighted by molar-refractivity contribution is 0.970. The number of nitrogens with zero attached hydrogens (tertiary/aromatic N) is 2. The van der Waals surface area contributed by atoms with E-state index in [2.05, 4.69) is 25.9 Å². The highest BCUT2D eigenvalue weighted by atomic mass is 32.1. The average Bonchev–Trinajstić information content (AvgIpc) is 2.76. The van der Waals surface area contributed by atoms with Crippen LogP contribution in [-0.4, -0.2) is 21.7 Å². The molecule has 7 heteroatoms. The fourth-order valence-electron chi connectivity index (χ4n) is 1.10. The van der Waals surface area contributed by atoms with Crippen molar-refractivity contribution in [2.24, 2.45) is 0 Å². The highest BCUT2D eigenvalue weighted by Crippen LogP contribution is 2.12. The summed E-state index contributed by atoms with van der Waals surface area (Å²) in [5.41, 5.74) is 1.09. The molecule has 0 unspecified atom stereocenters. The first-order valence-corrected chi connectivity index (χ1v) is 6.55. The lowest BCUT2D eigenvalue weighted by atomic mass is 10.4. The first-order valence-electron chi connectivity index (χ1n) is 4.44. The summed E-state index contributed by atoms with van der Waals surface area (Å²) in [6, 6.07) is 0. The van der Waals surface area contributed by atoms with Gasteiger partial charge in [-0.15, -0.1) is 16.4 Å². The van der Waals surface area contributed by atoms with Crippen molar-refractivity contribution in [3.63, 3.8) is 0 Å². The van der Waals surface area contributed by atoms with Crippen LogP contribution in [0.1, 0.15) is 10.7 Å². The zero-order valence-corrected chi connectivity index (χ0v) is 10.6. The Kier molecular flexibility index (Phi) is 3.45. The molecule has 2 N–H and O–H groups in total. The summed E-state index contributed by atoms with van der Waals surface area (Å²) in [7, 11) is 0. The predicted octanol–water partition coefficient (Wildman–Crippen LogP) is 2.62. The molecule has 2 heterocycles.